The lowest BCUT2D eigenvalue weighted by atomic mass is 10.0. The molecule has 0 atom stereocenters. The van der Waals surface area contributed by atoms with Gasteiger partial charge in [0.1, 0.15) is 11.5 Å². The van der Waals surface area contributed by atoms with Gasteiger partial charge in [0.05, 0.1) is 31.0 Å². The standard InChI is InChI=1S/C34H44N6O5/c1-23-28-22-36-29(37-33(28)40(26-10-8-9-11-26)34(44)32(23)24(2)41)20-25-14-15-27(21-35-25)38-16-18-39(19-17-38)30(42)12-6-4-5-7-13-31(43)45-3/h14-15,21-22,26H,4-13,16-20H2,1-3H3. The summed E-state index contributed by atoms with van der Waals surface area (Å²) in [5.74, 6) is 0.366. The van der Waals surface area contributed by atoms with Crippen molar-refractivity contribution in [2.45, 2.75) is 90.5 Å². The first-order valence-electron chi connectivity index (χ1n) is 16.2. The highest BCUT2D eigenvalue weighted by molar-refractivity contribution is 5.99. The smallest absolute Gasteiger partial charge is 0.305 e. The number of hydrogen-bond donors (Lipinski definition) is 0. The number of Topliss-reactive ketones (excluding diaryl/α,β-unsaturated/α-hetero) is 1. The van der Waals surface area contributed by atoms with Crippen molar-refractivity contribution in [1.82, 2.24) is 24.4 Å². The van der Waals surface area contributed by atoms with Crippen LogP contribution in [0.2, 0.25) is 0 Å². The second-order valence-corrected chi connectivity index (χ2v) is 12.2. The normalized spacial score (nSPS) is 15.5. The van der Waals surface area contributed by atoms with Crippen LogP contribution in [0.25, 0.3) is 11.0 Å². The molecule has 2 fully saturated rings. The maximum Gasteiger partial charge on any atom is 0.305 e. The van der Waals surface area contributed by atoms with Crippen molar-refractivity contribution in [1.29, 1.82) is 0 Å². The summed E-state index contributed by atoms with van der Waals surface area (Å²) in [4.78, 5) is 68.1. The van der Waals surface area contributed by atoms with E-state index >= 15 is 0 Å². The predicted octanol–water partition coefficient (Wildman–Crippen LogP) is 4.57. The molecule has 3 aromatic rings. The van der Waals surface area contributed by atoms with Crippen molar-refractivity contribution < 1.29 is 19.1 Å². The molecule has 1 aliphatic carbocycles. The van der Waals surface area contributed by atoms with E-state index in [9.17, 15) is 19.2 Å². The number of esters is 1. The number of fused-ring (bicyclic) bond motifs is 1. The Morgan fingerprint density at radius 1 is 0.933 bits per heavy atom. The molecule has 2 aliphatic rings. The zero-order valence-corrected chi connectivity index (χ0v) is 26.7. The average Bonchev–Trinajstić information content (AvgIpc) is 3.57. The Morgan fingerprint density at radius 2 is 1.64 bits per heavy atom. The number of rotatable bonds is 12. The number of carbonyl (C=O) groups is 3. The Hall–Kier alpha value is -4.15. The van der Waals surface area contributed by atoms with E-state index in [1.54, 1.807) is 17.7 Å². The monoisotopic (exact) mass is 616 g/mol. The van der Waals surface area contributed by atoms with Gasteiger partial charge < -0.3 is 14.5 Å². The summed E-state index contributed by atoms with van der Waals surface area (Å²) in [7, 11) is 1.40. The van der Waals surface area contributed by atoms with Gasteiger partial charge in [-0.2, -0.15) is 0 Å². The van der Waals surface area contributed by atoms with Crippen LogP contribution in [0.4, 0.5) is 5.69 Å². The lowest BCUT2D eigenvalue weighted by Gasteiger charge is -2.36. The van der Waals surface area contributed by atoms with Gasteiger partial charge in [-0.1, -0.05) is 25.7 Å². The molecule has 0 spiro atoms. The number of aromatic nitrogens is 4. The third kappa shape index (κ3) is 7.57. The summed E-state index contributed by atoms with van der Waals surface area (Å²) < 4.78 is 6.40. The minimum absolute atomic E-state index is 0.0407. The molecule has 4 heterocycles. The largest absolute Gasteiger partial charge is 0.469 e. The van der Waals surface area contributed by atoms with Crippen LogP contribution in [0, 0.1) is 6.92 Å². The van der Waals surface area contributed by atoms with Gasteiger partial charge in [-0.3, -0.25) is 28.7 Å². The summed E-state index contributed by atoms with van der Waals surface area (Å²) in [5.41, 5.74) is 3.06. The molecule has 0 aromatic carbocycles. The van der Waals surface area contributed by atoms with Crippen molar-refractivity contribution >= 4 is 34.4 Å². The number of pyridine rings is 2. The molecule has 1 aliphatic heterocycles. The molecule has 1 amide bonds. The minimum atomic E-state index is -0.249. The van der Waals surface area contributed by atoms with Gasteiger partial charge in [0.15, 0.2) is 5.78 Å². The number of methoxy groups -OCH3 is 1. The maximum atomic E-state index is 13.5. The van der Waals surface area contributed by atoms with E-state index in [-0.39, 0.29) is 34.8 Å². The summed E-state index contributed by atoms with van der Waals surface area (Å²) in [6, 6.07) is 4.07. The van der Waals surface area contributed by atoms with Crippen LogP contribution in [-0.4, -0.2) is 75.4 Å². The molecule has 0 radical (unpaired) electrons. The third-order valence-corrected chi connectivity index (χ3v) is 9.20. The molecule has 240 valence electrons. The zero-order valence-electron chi connectivity index (χ0n) is 26.7. The van der Waals surface area contributed by atoms with Gasteiger partial charge in [0, 0.05) is 62.3 Å². The topological polar surface area (TPSA) is 128 Å². The van der Waals surface area contributed by atoms with Crippen molar-refractivity contribution in [2.75, 3.05) is 38.2 Å². The van der Waals surface area contributed by atoms with Crippen LogP contribution in [0.15, 0.2) is 29.3 Å². The molecule has 5 rings (SSSR count). The van der Waals surface area contributed by atoms with Gasteiger partial charge in [0.2, 0.25) is 5.91 Å². The lowest BCUT2D eigenvalue weighted by Crippen LogP contribution is -2.48. The Bertz CT molecular complexity index is 1590. The zero-order chi connectivity index (χ0) is 31.9. The van der Waals surface area contributed by atoms with Crippen LogP contribution in [0.3, 0.4) is 0 Å². The second kappa shape index (κ2) is 14.8. The number of hydrogen-bond acceptors (Lipinski definition) is 9. The van der Waals surface area contributed by atoms with Crippen LogP contribution in [-0.2, 0) is 20.7 Å². The molecule has 45 heavy (non-hydrogen) atoms. The average molecular weight is 617 g/mol. The van der Waals surface area contributed by atoms with Gasteiger partial charge >= 0.3 is 5.97 Å². The predicted molar refractivity (Wildman–Crippen MR) is 172 cm³/mol. The van der Waals surface area contributed by atoms with Crippen LogP contribution in [0.5, 0.6) is 0 Å². The third-order valence-electron chi connectivity index (χ3n) is 9.20. The first-order valence-corrected chi connectivity index (χ1v) is 16.2. The Labute approximate surface area is 264 Å². The quantitative estimate of drug-likeness (QED) is 0.163. The first kappa shape index (κ1) is 32.2. The fourth-order valence-electron chi connectivity index (χ4n) is 6.61. The van der Waals surface area contributed by atoms with E-state index < -0.39 is 0 Å². The molecule has 11 heteroatoms. The maximum absolute atomic E-state index is 13.5. The summed E-state index contributed by atoms with van der Waals surface area (Å²) in [5, 5.41) is 0.743. The molecule has 1 saturated heterocycles. The van der Waals surface area contributed by atoms with E-state index in [2.05, 4.69) is 14.6 Å². The van der Waals surface area contributed by atoms with Crippen molar-refractivity contribution in [2.24, 2.45) is 0 Å². The number of unbranched alkanes of at least 4 members (excludes halogenated alkanes) is 3. The molecule has 1 saturated carbocycles. The fourth-order valence-corrected chi connectivity index (χ4v) is 6.61. The van der Waals surface area contributed by atoms with Crippen molar-refractivity contribution in [3.63, 3.8) is 0 Å². The molecule has 0 unspecified atom stereocenters. The number of ketones is 1. The number of anilines is 1. The Kier molecular flexibility index (Phi) is 10.6. The van der Waals surface area contributed by atoms with E-state index in [1.165, 1.54) is 14.0 Å². The highest BCUT2D eigenvalue weighted by atomic mass is 16.5. The molecule has 11 nitrogen and oxygen atoms in total. The second-order valence-electron chi connectivity index (χ2n) is 12.2. The molecular weight excluding hydrogens is 572 g/mol. The van der Waals surface area contributed by atoms with E-state index in [4.69, 9.17) is 9.97 Å². The number of amides is 1. The Morgan fingerprint density at radius 3 is 2.29 bits per heavy atom. The van der Waals surface area contributed by atoms with E-state index in [0.717, 1.165) is 81.2 Å². The number of ether oxygens (including phenoxy) is 1. The Balaban J connectivity index is 1.18. The lowest BCUT2D eigenvalue weighted by molar-refractivity contribution is -0.140. The van der Waals surface area contributed by atoms with E-state index in [0.29, 0.717) is 49.4 Å². The van der Waals surface area contributed by atoms with E-state index in [1.807, 2.05) is 23.2 Å². The molecular formula is C34H44N6O5. The highest BCUT2D eigenvalue weighted by Gasteiger charge is 2.26. The van der Waals surface area contributed by atoms with Gasteiger partial charge in [-0.15, -0.1) is 0 Å². The van der Waals surface area contributed by atoms with Crippen LogP contribution < -0.4 is 10.5 Å². The minimum Gasteiger partial charge on any atom is -0.469 e. The van der Waals surface area contributed by atoms with Crippen molar-refractivity contribution in [3.8, 4) is 0 Å². The summed E-state index contributed by atoms with van der Waals surface area (Å²) in [6.07, 6.45) is 12.4. The number of piperazine rings is 1. The molecule has 3 aromatic heterocycles. The fraction of sp³-hybridized carbons (Fsp3) is 0.559. The highest BCUT2D eigenvalue weighted by Crippen LogP contribution is 2.31. The summed E-state index contributed by atoms with van der Waals surface area (Å²) >= 11 is 0. The van der Waals surface area contributed by atoms with Crippen LogP contribution >= 0.6 is 0 Å². The number of aryl methyl sites for hydroxylation is 1. The molecule has 0 N–H and O–H groups in total. The van der Waals surface area contributed by atoms with Crippen molar-refractivity contribution in [3.05, 3.63) is 57.5 Å². The van der Waals surface area contributed by atoms with Crippen LogP contribution in [0.1, 0.15) is 105 Å². The summed E-state index contributed by atoms with van der Waals surface area (Å²) in [6.45, 7) is 6.11. The SMILES string of the molecule is COC(=O)CCCCCCC(=O)N1CCN(c2ccc(Cc3ncc4c(C)c(C(C)=O)c(=O)n(C5CCCC5)c4n3)nc2)CC1. The van der Waals surface area contributed by atoms with Gasteiger partial charge in [-0.05, 0) is 57.2 Å². The number of nitrogens with zero attached hydrogens (tertiary/aromatic N) is 6. The first-order chi connectivity index (χ1) is 21.8. The van der Waals surface area contributed by atoms with Gasteiger partial charge in [-0.25, -0.2) is 9.97 Å². The molecule has 0 bridgehead atoms. The van der Waals surface area contributed by atoms with Gasteiger partial charge in [0.25, 0.3) is 5.56 Å². The number of carbonyl (C=O) groups excluding carboxylic acids is 3.